The van der Waals surface area contributed by atoms with Crippen LogP contribution < -0.4 is 0 Å². The second-order valence-electron chi connectivity index (χ2n) is 7.42. The van der Waals surface area contributed by atoms with E-state index in [1.54, 1.807) is 0 Å². The lowest BCUT2D eigenvalue weighted by molar-refractivity contribution is -0.171. The quantitative estimate of drug-likeness (QED) is 0.768. The summed E-state index contributed by atoms with van der Waals surface area (Å²) >= 11 is 0. The summed E-state index contributed by atoms with van der Waals surface area (Å²) < 4.78 is 18.6. The number of carbonyl (C=O) groups is 2. The molecule has 4 fully saturated rings. The molecule has 2 atom stereocenters. The van der Waals surface area contributed by atoms with Crippen LogP contribution in [0.25, 0.3) is 0 Å². The lowest BCUT2D eigenvalue weighted by Crippen LogP contribution is -2.43. The Labute approximate surface area is 134 Å². The fraction of sp³-hybridized carbons (Fsp3) is 0.875. The molecule has 0 aromatic heterocycles. The minimum absolute atomic E-state index is 0.0141. The van der Waals surface area contributed by atoms with Crippen LogP contribution in [0.5, 0.6) is 0 Å². The van der Waals surface area contributed by atoms with E-state index in [9.17, 15) is 14.0 Å². The Kier molecular flexibility index (Phi) is 3.80. The predicted molar refractivity (Wildman–Crippen MR) is 77.8 cm³/mol. The van der Waals surface area contributed by atoms with Crippen molar-refractivity contribution in [1.29, 1.82) is 0 Å². The standard InChI is InChI=1S/C16H23FN2O4/c17-13-4-11(5-13)15(21)18-7-12-8-22-10-16(12,9-18)6-14(20)19-2-1-3-23-19/h11-13H,1-10H2/t11?,12-,13?,16+/m1/s1. The van der Waals surface area contributed by atoms with Crippen molar-refractivity contribution in [2.45, 2.75) is 31.9 Å². The van der Waals surface area contributed by atoms with Gasteiger partial charge in [0.05, 0.1) is 26.4 Å². The normalized spacial score (nSPS) is 39.4. The van der Waals surface area contributed by atoms with Gasteiger partial charge in [0.1, 0.15) is 6.17 Å². The summed E-state index contributed by atoms with van der Waals surface area (Å²) in [7, 11) is 0. The summed E-state index contributed by atoms with van der Waals surface area (Å²) in [4.78, 5) is 32.1. The van der Waals surface area contributed by atoms with Crippen molar-refractivity contribution in [2.24, 2.45) is 17.3 Å². The Bertz CT molecular complexity index is 504. The first-order valence-corrected chi connectivity index (χ1v) is 8.51. The number of alkyl halides is 1. The molecule has 0 N–H and O–H groups in total. The van der Waals surface area contributed by atoms with E-state index in [-0.39, 0.29) is 29.1 Å². The van der Waals surface area contributed by atoms with E-state index in [4.69, 9.17) is 9.57 Å². The van der Waals surface area contributed by atoms with Crippen molar-refractivity contribution in [3.8, 4) is 0 Å². The van der Waals surface area contributed by atoms with Gasteiger partial charge in [0.2, 0.25) is 11.8 Å². The number of fused-ring (bicyclic) bond motifs is 1. The number of carbonyl (C=O) groups excluding carboxylic acids is 2. The van der Waals surface area contributed by atoms with Crippen LogP contribution in [0.4, 0.5) is 4.39 Å². The van der Waals surface area contributed by atoms with Gasteiger partial charge in [0.25, 0.3) is 0 Å². The van der Waals surface area contributed by atoms with Crippen LogP contribution >= 0.6 is 0 Å². The van der Waals surface area contributed by atoms with Gasteiger partial charge in [0, 0.05) is 36.8 Å². The number of ether oxygens (including phenoxy) is 1. The smallest absolute Gasteiger partial charge is 0.246 e. The molecule has 0 bridgehead atoms. The molecule has 23 heavy (non-hydrogen) atoms. The predicted octanol–water partition coefficient (Wildman–Crippen LogP) is 0.763. The molecular weight excluding hydrogens is 303 g/mol. The number of rotatable bonds is 3. The summed E-state index contributed by atoms with van der Waals surface area (Å²) in [5, 5.41) is 1.45. The van der Waals surface area contributed by atoms with Crippen molar-refractivity contribution in [1.82, 2.24) is 9.96 Å². The molecule has 1 saturated carbocycles. The Hall–Kier alpha value is -1.21. The molecule has 3 heterocycles. The minimum atomic E-state index is -0.822. The van der Waals surface area contributed by atoms with Crippen molar-refractivity contribution in [3.63, 3.8) is 0 Å². The maximum Gasteiger partial charge on any atom is 0.246 e. The minimum Gasteiger partial charge on any atom is -0.380 e. The van der Waals surface area contributed by atoms with E-state index in [0.29, 0.717) is 58.7 Å². The number of hydrogen-bond donors (Lipinski definition) is 0. The van der Waals surface area contributed by atoms with Gasteiger partial charge in [-0.3, -0.25) is 14.4 Å². The monoisotopic (exact) mass is 326 g/mol. The van der Waals surface area contributed by atoms with E-state index < -0.39 is 6.17 Å². The van der Waals surface area contributed by atoms with Crippen LogP contribution in [-0.4, -0.2) is 67.4 Å². The maximum atomic E-state index is 13.0. The molecule has 4 rings (SSSR count). The first-order chi connectivity index (χ1) is 11.1. The number of halogens is 1. The zero-order chi connectivity index (χ0) is 16.0. The molecule has 4 aliphatic rings. The zero-order valence-electron chi connectivity index (χ0n) is 13.2. The van der Waals surface area contributed by atoms with Gasteiger partial charge in [-0.25, -0.2) is 9.45 Å². The van der Waals surface area contributed by atoms with Crippen LogP contribution in [0.1, 0.15) is 25.7 Å². The number of hydroxylamine groups is 2. The Morgan fingerprint density at radius 2 is 2.13 bits per heavy atom. The Morgan fingerprint density at radius 3 is 2.83 bits per heavy atom. The number of nitrogens with zero attached hydrogens (tertiary/aromatic N) is 2. The second kappa shape index (κ2) is 5.70. The highest BCUT2D eigenvalue weighted by Gasteiger charge is 2.54. The summed E-state index contributed by atoms with van der Waals surface area (Å²) in [5.74, 6) is 0.0657. The number of hydrogen-bond acceptors (Lipinski definition) is 4. The molecule has 7 heteroatoms. The van der Waals surface area contributed by atoms with Crippen LogP contribution in [0.15, 0.2) is 0 Å². The molecule has 0 unspecified atom stereocenters. The molecule has 2 amide bonds. The third kappa shape index (κ3) is 2.63. The first kappa shape index (κ1) is 15.3. The topological polar surface area (TPSA) is 59.1 Å². The molecular formula is C16H23FN2O4. The van der Waals surface area contributed by atoms with Gasteiger partial charge < -0.3 is 9.64 Å². The van der Waals surface area contributed by atoms with Gasteiger partial charge in [-0.15, -0.1) is 0 Å². The van der Waals surface area contributed by atoms with Gasteiger partial charge in [-0.2, -0.15) is 0 Å². The summed E-state index contributed by atoms with van der Waals surface area (Å²) in [6.07, 6.45) is 1.11. The van der Waals surface area contributed by atoms with E-state index in [1.165, 1.54) is 5.06 Å². The lowest BCUT2D eigenvalue weighted by atomic mass is 9.78. The second-order valence-corrected chi connectivity index (χ2v) is 7.42. The Morgan fingerprint density at radius 1 is 1.30 bits per heavy atom. The lowest BCUT2D eigenvalue weighted by Gasteiger charge is -2.33. The van der Waals surface area contributed by atoms with E-state index in [0.717, 1.165) is 6.42 Å². The maximum absolute atomic E-state index is 13.0. The highest BCUT2D eigenvalue weighted by molar-refractivity contribution is 5.81. The number of amides is 2. The fourth-order valence-electron chi connectivity index (χ4n) is 4.29. The van der Waals surface area contributed by atoms with Crippen LogP contribution in [0.3, 0.4) is 0 Å². The third-order valence-electron chi connectivity index (χ3n) is 5.80. The SMILES string of the molecule is O=C(C1CC(F)C1)N1C[C@@H]2COC[C@]2(CC(=O)N2CCCO2)C1. The molecule has 128 valence electrons. The van der Waals surface area contributed by atoms with Gasteiger partial charge >= 0.3 is 0 Å². The molecule has 1 aliphatic carbocycles. The zero-order valence-corrected chi connectivity index (χ0v) is 13.2. The summed E-state index contributed by atoms with van der Waals surface area (Å²) in [6.45, 7) is 3.51. The van der Waals surface area contributed by atoms with E-state index in [2.05, 4.69) is 0 Å². The third-order valence-corrected chi connectivity index (χ3v) is 5.80. The van der Waals surface area contributed by atoms with Crippen molar-refractivity contribution in [2.75, 3.05) is 39.5 Å². The highest BCUT2D eigenvalue weighted by atomic mass is 19.1. The highest BCUT2D eigenvalue weighted by Crippen LogP contribution is 2.46. The molecule has 3 saturated heterocycles. The van der Waals surface area contributed by atoms with Gasteiger partial charge in [0.15, 0.2) is 0 Å². The van der Waals surface area contributed by atoms with Gasteiger partial charge in [-0.1, -0.05) is 0 Å². The molecule has 0 radical (unpaired) electrons. The largest absolute Gasteiger partial charge is 0.380 e. The number of likely N-dealkylation sites (tertiary alicyclic amines) is 1. The summed E-state index contributed by atoms with van der Waals surface area (Å²) in [5.41, 5.74) is -0.294. The van der Waals surface area contributed by atoms with Crippen LogP contribution in [0.2, 0.25) is 0 Å². The van der Waals surface area contributed by atoms with E-state index >= 15 is 0 Å². The summed E-state index contributed by atoms with van der Waals surface area (Å²) in [6, 6.07) is 0. The Balaban J connectivity index is 1.42. The molecule has 0 aromatic rings. The van der Waals surface area contributed by atoms with Crippen LogP contribution in [0, 0.1) is 17.3 Å². The average Bonchev–Trinajstić information content (AvgIpc) is 3.17. The van der Waals surface area contributed by atoms with Crippen molar-refractivity contribution in [3.05, 3.63) is 0 Å². The fourth-order valence-corrected chi connectivity index (χ4v) is 4.29. The molecule has 0 aromatic carbocycles. The van der Waals surface area contributed by atoms with Crippen molar-refractivity contribution >= 4 is 11.8 Å². The molecule has 3 aliphatic heterocycles. The molecule has 6 nitrogen and oxygen atoms in total. The molecule has 0 spiro atoms. The van der Waals surface area contributed by atoms with Gasteiger partial charge in [-0.05, 0) is 19.3 Å². The van der Waals surface area contributed by atoms with Crippen LogP contribution in [-0.2, 0) is 19.2 Å². The first-order valence-electron chi connectivity index (χ1n) is 8.51. The van der Waals surface area contributed by atoms with E-state index in [1.807, 2.05) is 4.90 Å². The average molecular weight is 326 g/mol. The van der Waals surface area contributed by atoms with Crippen molar-refractivity contribution < 1.29 is 23.6 Å².